The number of nitrogens with zero attached hydrogens (tertiary/aromatic N) is 1. The number of nitrogens with one attached hydrogen (secondary N) is 2. The zero-order valence-electron chi connectivity index (χ0n) is 23.4. The van der Waals surface area contributed by atoms with E-state index in [1.807, 2.05) is 35.8 Å². The highest BCUT2D eigenvalue weighted by atomic mass is 32.2. The first kappa shape index (κ1) is 29.3. The van der Waals surface area contributed by atoms with Crippen LogP contribution in [0.4, 0.5) is 0 Å². The molecule has 4 aliphatic carbocycles. The summed E-state index contributed by atoms with van der Waals surface area (Å²) in [5.74, 6) is 3.95. The van der Waals surface area contributed by atoms with Crippen molar-refractivity contribution in [2.24, 2.45) is 17.8 Å². The summed E-state index contributed by atoms with van der Waals surface area (Å²) in [5.41, 5.74) is 2.12. The molecule has 2 N–H and O–H groups in total. The molecule has 210 valence electrons. The van der Waals surface area contributed by atoms with Crippen LogP contribution in [0, 0.1) is 17.8 Å². The van der Waals surface area contributed by atoms with Crippen molar-refractivity contribution in [3.8, 4) is 0 Å². The van der Waals surface area contributed by atoms with Crippen LogP contribution in [-0.4, -0.2) is 61.4 Å². The number of aldehydes is 2. The van der Waals surface area contributed by atoms with Gasteiger partial charge in [-0.05, 0) is 107 Å². The van der Waals surface area contributed by atoms with Crippen molar-refractivity contribution in [3.05, 3.63) is 29.3 Å². The molecule has 1 amide bonds. The van der Waals surface area contributed by atoms with Crippen molar-refractivity contribution >= 4 is 30.2 Å². The van der Waals surface area contributed by atoms with E-state index in [9.17, 15) is 14.4 Å². The predicted octanol–water partition coefficient (Wildman–Crippen LogP) is 5.24. The topological polar surface area (TPSA) is 78.5 Å². The molecule has 0 saturated heterocycles. The second-order valence-electron chi connectivity index (χ2n) is 12.2. The van der Waals surface area contributed by atoms with E-state index in [0.29, 0.717) is 30.5 Å². The summed E-state index contributed by atoms with van der Waals surface area (Å²) in [6.07, 6.45) is 16.3. The van der Waals surface area contributed by atoms with E-state index in [1.54, 1.807) is 7.05 Å². The smallest absolute Gasteiger partial charge is 0.219 e. The highest BCUT2D eigenvalue weighted by Crippen LogP contribution is 2.55. The minimum Gasteiger partial charge on any atom is -0.359 e. The van der Waals surface area contributed by atoms with Crippen LogP contribution in [0.15, 0.2) is 23.1 Å². The van der Waals surface area contributed by atoms with E-state index in [0.717, 1.165) is 59.5 Å². The molecule has 6 nitrogen and oxygen atoms in total. The number of likely N-dealkylation sites (N-methyl/N-ethyl adjacent to an activating group) is 1. The summed E-state index contributed by atoms with van der Waals surface area (Å²) in [6, 6.07) is 5.50. The first-order chi connectivity index (χ1) is 18.4. The quantitative estimate of drug-likeness (QED) is 0.160. The van der Waals surface area contributed by atoms with Gasteiger partial charge in [-0.1, -0.05) is 25.0 Å². The Kier molecular flexibility index (Phi) is 10.9. The zero-order chi connectivity index (χ0) is 27.0. The molecule has 4 fully saturated rings. The van der Waals surface area contributed by atoms with Gasteiger partial charge in [0, 0.05) is 36.0 Å². The van der Waals surface area contributed by atoms with Crippen LogP contribution in [-0.2, 0) is 16.1 Å². The Morgan fingerprint density at radius 1 is 1.08 bits per heavy atom. The fraction of sp³-hybridized carbons (Fsp3) is 0.710. The second-order valence-corrected chi connectivity index (χ2v) is 13.3. The Bertz CT molecular complexity index is 917. The fourth-order valence-electron chi connectivity index (χ4n) is 7.60. The van der Waals surface area contributed by atoms with Crippen LogP contribution < -0.4 is 10.6 Å². The molecule has 1 aromatic rings. The summed E-state index contributed by atoms with van der Waals surface area (Å²) >= 11 is 1.81. The van der Waals surface area contributed by atoms with Crippen molar-refractivity contribution in [1.29, 1.82) is 0 Å². The number of carbonyl (C=O) groups is 3. The van der Waals surface area contributed by atoms with E-state index in [-0.39, 0.29) is 11.9 Å². The van der Waals surface area contributed by atoms with Crippen molar-refractivity contribution in [2.45, 2.75) is 100 Å². The van der Waals surface area contributed by atoms with E-state index in [2.05, 4.69) is 16.7 Å². The molecule has 0 aliphatic heterocycles. The lowest BCUT2D eigenvalue weighted by molar-refractivity contribution is -0.121. The summed E-state index contributed by atoms with van der Waals surface area (Å²) in [6.45, 7) is 1.67. The number of thioether (sulfide) groups is 1. The lowest BCUT2D eigenvalue weighted by Crippen LogP contribution is -2.58. The summed E-state index contributed by atoms with van der Waals surface area (Å²) in [7, 11) is 3.49. The van der Waals surface area contributed by atoms with Crippen molar-refractivity contribution in [1.82, 2.24) is 15.5 Å². The summed E-state index contributed by atoms with van der Waals surface area (Å²) in [4.78, 5) is 38.2. The number of rotatable bonds is 17. The second kappa shape index (κ2) is 14.1. The van der Waals surface area contributed by atoms with Crippen LogP contribution in [0.2, 0.25) is 0 Å². The van der Waals surface area contributed by atoms with Gasteiger partial charge in [-0.2, -0.15) is 0 Å². The Balaban J connectivity index is 1.18. The molecule has 5 rings (SSSR count). The number of amides is 1. The first-order valence-electron chi connectivity index (χ1n) is 14.8. The molecule has 1 unspecified atom stereocenters. The molecule has 0 spiro atoms. The molecule has 38 heavy (non-hydrogen) atoms. The van der Waals surface area contributed by atoms with Gasteiger partial charge < -0.3 is 15.4 Å². The van der Waals surface area contributed by atoms with Gasteiger partial charge in [0.25, 0.3) is 0 Å². The highest BCUT2D eigenvalue weighted by Gasteiger charge is 2.50. The maximum Gasteiger partial charge on any atom is 0.219 e. The monoisotopic (exact) mass is 541 g/mol. The minimum absolute atomic E-state index is 0.0710. The molecule has 1 atom stereocenters. The molecular weight excluding hydrogens is 494 g/mol. The number of benzene rings is 1. The Hall–Kier alpha value is -1.70. The molecule has 0 heterocycles. The molecule has 0 radical (unpaired) electrons. The van der Waals surface area contributed by atoms with Crippen LogP contribution in [0.3, 0.4) is 0 Å². The Morgan fingerprint density at radius 2 is 1.76 bits per heavy atom. The molecule has 4 bridgehead atoms. The Morgan fingerprint density at radius 3 is 2.39 bits per heavy atom. The average Bonchev–Trinajstić information content (AvgIpc) is 2.90. The van der Waals surface area contributed by atoms with Gasteiger partial charge >= 0.3 is 0 Å². The lowest BCUT2D eigenvalue weighted by Gasteiger charge is -2.57. The van der Waals surface area contributed by atoms with Gasteiger partial charge in [0.15, 0.2) is 0 Å². The fourth-order valence-corrected chi connectivity index (χ4v) is 8.70. The van der Waals surface area contributed by atoms with Crippen LogP contribution in [0.25, 0.3) is 0 Å². The Labute approximate surface area is 233 Å². The van der Waals surface area contributed by atoms with Crippen LogP contribution in [0.5, 0.6) is 0 Å². The van der Waals surface area contributed by atoms with E-state index >= 15 is 0 Å². The third-order valence-electron chi connectivity index (χ3n) is 9.24. The predicted molar refractivity (Wildman–Crippen MR) is 155 cm³/mol. The molecule has 1 aromatic carbocycles. The van der Waals surface area contributed by atoms with Crippen LogP contribution >= 0.6 is 11.8 Å². The van der Waals surface area contributed by atoms with Gasteiger partial charge in [-0.3, -0.25) is 14.5 Å². The highest BCUT2D eigenvalue weighted by molar-refractivity contribution is 7.99. The normalized spacial score (nSPS) is 26.4. The first-order valence-corrected chi connectivity index (χ1v) is 15.7. The van der Waals surface area contributed by atoms with E-state index in [1.165, 1.54) is 57.8 Å². The SMILES string of the molecule is CNC(=O)CCC(C=O)N(C)Cc1c(C=O)cccc1SCCCCCCNC12CC3CC(CC(C3)C1)C2. The number of hydrogen-bond donors (Lipinski definition) is 2. The largest absolute Gasteiger partial charge is 0.359 e. The van der Waals surface area contributed by atoms with E-state index < -0.39 is 0 Å². The van der Waals surface area contributed by atoms with Gasteiger partial charge in [-0.15, -0.1) is 11.8 Å². The van der Waals surface area contributed by atoms with Crippen molar-refractivity contribution in [3.63, 3.8) is 0 Å². The van der Waals surface area contributed by atoms with E-state index in [4.69, 9.17) is 0 Å². The number of unbranched alkanes of at least 4 members (excludes halogenated alkanes) is 3. The van der Waals surface area contributed by atoms with Gasteiger partial charge in [0.05, 0.1) is 6.04 Å². The lowest BCUT2D eigenvalue weighted by atomic mass is 9.53. The van der Waals surface area contributed by atoms with Gasteiger partial charge in [0.2, 0.25) is 5.91 Å². The standard InChI is InChI=1S/C31H47N3O3S/c1-32-30(37)11-10-27(22-36)34(2)20-28-26(21-35)8-7-9-29(28)38-13-6-4-3-5-12-33-31-17-23-14-24(18-31)16-25(15-23)19-31/h7-9,21-25,27,33H,3-6,10-20H2,1-2H3,(H,32,37). The molecule has 4 saturated carbocycles. The molecule has 0 aromatic heterocycles. The maximum atomic E-state index is 11.8. The van der Waals surface area contributed by atoms with Crippen molar-refractivity contribution in [2.75, 3.05) is 26.4 Å². The third-order valence-corrected chi connectivity index (χ3v) is 10.4. The maximum absolute atomic E-state index is 11.8. The summed E-state index contributed by atoms with van der Waals surface area (Å²) < 4.78 is 0. The van der Waals surface area contributed by atoms with Gasteiger partial charge in [-0.25, -0.2) is 0 Å². The van der Waals surface area contributed by atoms with Gasteiger partial charge in [0.1, 0.15) is 12.6 Å². The minimum atomic E-state index is -0.364. The zero-order valence-corrected chi connectivity index (χ0v) is 24.2. The number of carbonyl (C=O) groups excluding carboxylic acids is 3. The molecule has 4 aliphatic rings. The van der Waals surface area contributed by atoms with Crippen molar-refractivity contribution < 1.29 is 14.4 Å². The molecule has 7 heteroatoms. The average molecular weight is 542 g/mol. The third kappa shape index (κ3) is 7.70. The van der Waals surface area contributed by atoms with Crippen LogP contribution in [0.1, 0.15) is 93.0 Å². The molecular formula is C31H47N3O3S. The number of hydrogen-bond acceptors (Lipinski definition) is 6. The summed E-state index contributed by atoms with van der Waals surface area (Å²) in [5, 5.41) is 6.63.